The number of benzene rings is 1. The van der Waals surface area contributed by atoms with E-state index < -0.39 is 11.9 Å². The van der Waals surface area contributed by atoms with E-state index in [9.17, 15) is 13.2 Å². The smallest absolute Gasteiger partial charge is 0.361 e. The fourth-order valence-electron chi connectivity index (χ4n) is 2.02. The molecule has 0 bridgehead atoms. The summed E-state index contributed by atoms with van der Waals surface area (Å²) in [5, 5.41) is 9.47. The van der Waals surface area contributed by atoms with Crippen LogP contribution in [0.4, 0.5) is 13.2 Å². The molecule has 0 amide bonds. The molecule has 20 heavy (non-hydrogen) atoms. The summed E-state index contributed by atoms with van der Waals surface area (Å²) >= 11 is 0.928. The predicted molar refractivity (Wildman–Crippen MR) is 69.1 cm³/mol. The van der Waals surface area contributed by atoms with E-state index in [1.165, 1.54) is 11.7 Å². The molecule has 2 heterocycles. The van der Waals surface area contributed by atoms with Crippen molar-refractivity contribution in [1.29, 1.82) is 5.26 Å². The molecule has 7 heteroatoms. The summed E-state index contributed by atoms with van der Waals surface area (Å²) in [6.07, 6.45) is -2.99. The summed E-state index contributed by atoms with van der Waals surface area (Å²) in [4.78, 5) is 6.37. The first-order chi connectivity index (χ1) is 9.50. The zero-order valence-corrected chi connectivity index (χ0v) is 10.6. The largest absolute Gasteiger partial charge is 0.434 e. The van der Waals surface area contributed by atoms with Gasteiger partial charge in [0.2, 0.25) is 0 Å². The van der Waals surface area contributed by atoms with Gasteiger partial charge in [0.15, 0.2) is 5.69 Å². The molecule has 0 unspecified atom stereocenters. The van der Waals surface area contributed by atoms with Crippen LogP contribution in [0.25, 0.3) is 21.3 Å². The number of hydrogen-bond acceptors (Lipinski definition) is 3. The number of nitrogens with zero attached hydrogens (tertiary/aromatic N) is 2. The molecule has 0 fully saturated rings. The molecule has 0 aliphatic rings. The number of thiazole rings is 1. The van der Waals surface area contributed by atoms with Gasteiger partial charge >= 0.3 is 6.18 Å². The fourth-order valence-corrected chi connectivity index (χ4v) is 2.86. The summed E-state index contributed by atoms with van der Waals surface area (Å²) in [7, 11) is 0. The monoisotopic (exact) mass is 293 g/mol. The molecular formula is C13H6F3N3S. The van der Waals surface area contributed by atoms with Crippen LogP contribution in [0.15, 0.2) is 29.9 Å². The lowest BCUT2D eigenvalue weighted by molar-refractivity contribution is -0.140. The van der Waals surface area contributed by atoms with Crippen molar-refractivity contribution in [2.75, 3.05) is 0 Å². The molecule has 0 aliphatic heterocycles. The van der Waals surface area contributed by atoms with E-state index >= 15 is 0 Å². The Kier molecular flexibility index (Phi) is 2.76. The average molecular weight is 293 g/mol. The molecule has 3 rings (SSSR count). The Labute approximate surface area is 115 Å². The van der Waals surface area contributed by atoms with Crippen LogP contribution in [0.3, 0.4) is 0 Å². The van der Waals surface area contributed by atoms with E-state index in [0.29, 0.717) is 22.0 Å². The topological polar surface area (TPSA) is 52.5 Å². The van der Waals surface area contributed by atoms with Gasteiger partial charge in [-0.25, -0.2) is 4.98 Å². The van der Waals surface area contributed by atoms with Crippen LogP contribution in [0, 0.1) is 11.3 Å². The van der Waals surface area contributed by atoms with Crippen molar-refractivity contribution in [2.24, 2.45) is 0 Å². The van der Waals surface area contributed by atoms with Crippen LogP contribution >= 0.6 is 11.3 Å². The Morgan fingerprint density at radius 2 is 2.10 bits per heavy atom. The highest BCUT2D eigenvalue weighted by atomic mass is 32.1. The van der Waals surface area contributed by atoms with Crippen molar-refractivity contribution in [2.45, 2.75) is 6.18 Å². The van der Waals surface area contributed by atoms with Crippen LogP contribution in [-0.2, 0) is 6.18 Å². The summed E-state index contributed by atoms with van der Waals surface area (Å²) < 4.78 is 38.7. The fraction of sp³-hybridized carbons (Fsp3) is 0.0769. The maximum Gasteiger partial charge on any atom is 0.434 e. The van der Waals surface area contributed by atoms with Crippen LogP contribution in [0.1, 0.15) is 11.3 Å². The molecule has 0 spiro atoms. The quantitative estimate of drug-likeness (QED) is 0.731. The molecule has 1 aromatic carbocycles. The number of aromatic nitrogens is 2. The third-order valence-electron chi connectivity index (χ3n) is 2.89. The van der Waals surface area contributed by atoms with Crippen LogP contribution in [-0.4, -0.2) is 9.97 Å². The normalized spacial score (nSPS) is 11.7. The molecule has 0 aliphatic carbocycles. The number of rotatable bonds is 1. The lowest BCUT2D eigenvalue weighted by Gasteiger charge is -2.05. The molecular weight excluding hydrogens is 287 g/mol. The van der Waals surface area contributed by atoms with Gasteiger partial charge in [0, 0.05) is 22.7 Å². The van der Waals surface area contributed by atoms with Gasteiger partial charge in [-0.15, -0.1) is 11.3 Å². The zero-order valence-electron chi connectivity index (χ0n) is 9.82. The Hall–Kier alpha value is -2.33. The van der Waals surface area contributed by atoms with Crippen molar-refractivity contribution in [3.8, 4) is 16.5 Å². The molecule has 1 N–H and O–H groups in total. The number of aromatic amines is 1. The van der Waals surface area contributed by atoms with E-state index in [-0.39, 0.29) is 4.88 Å². The average Bonchev–Trinajstić information content (AvgIpc) is 3.02. The lowest BCUT2D eigenvalue weighted by atomic mass is 10.1. The summed E-state index contributed by atoms with van der Waals surface area (Å²) in [6, 6.07) is 6.83. The Balaban J connectivity index is 2.26. The first-order valence-corrected chi connectivity index (χ1v) is 6.41. The second-order valence-corrected chi connectivity index (χ2v) is 4.96. The van der Waals surface area contributed by atoms with Gasteiger partial charge in [-0.2, -0.15) is 18.4 Å². The van der Waals surface area contributed by atoms with Crippen molar-refractivity contribution in [3.05, 3.63) is 41.2 Å². The van der Waals surface area contributed by atoms with Gasteiger partial charge in [-0.3, -0.25) is 0 Å². The molecule has 0 radical (unpaired) electrons. The van der Waals surface area contributed by atoms with Crippen molar-refractivity contribution in [3.63, 3.8) is 0 Å². The highest BCUT2D eigenvalue weighted by Gasteiger charge is 2.37. The SMILES string of the molecule is N#Cc1ccc2[nH]cc(-c3scnc3C(F)(F)F)c2c1. The van der Waals surface area contributed by atoms with Gasteiger partial charge in [0.1, 0.15) is 0 Å². The van der Waals surface area contributed by atoms with Gasteiger partial charge in [-0.05, 0) is 18.2 Å². The van der Waals surface area contributed by atoms with Gasteiger partial charge in [0.25, 0.3) is 0 Å². The minimum atomic E-state index is -4.49. The number of alkyl halides is 3. The minimum absolute atomic E-state index is 0.0545. The van der Waals surface area contributed by atoms with Crippen molar-refractivity contribution >= 4 is 22.2 Å². The van der Waals surface area contributed by atoms with Crippen molar-refractivity contribution in [1.82, 2.24) is 9.97 Å². The second kappa shape index (κ2) is 4.35. The summed E-state index contributed by atoms with van der Waals surface area (Å²) in [5.74, 6) is 0. The van der Waals surface area contributed by atoms with Crippen LogP contribution in [0.5, 0.6) is 0 Å². The first-order valence-electron chi connectivity index (χ1n) is 5.53. The molecule has 3 nitrogen and oxygen atoms in total. The summed E-state index contributed by atoms with van der Waals surface area (Å²) in [6.45, 7) is 0. The van der Waals surface area contributed by atoms with E-state index in [1.807, 2.05) is 6.07 Å². The Morgan fingerprint density at radius 3 is 2.80 bits per heavy atom. The standard InChI is InChI=1S/C13H6F3N3S/c14-13(15,16)12-11(20-6-19-12)9-5-18-10-2-1-7(4-17)3-8(9)10/h1-3,5-6,18H. The van der Waals surface area contributed by atoms with Crippen LogP contribution < -0.4 is 0 Å². The number of nitrogens with one attached hydrogen (secondary N) is 1. The molecule has 3 aromatic rings. The zero-order chi connectivity index (χ0) is 14.3. The van der Waals surface area contributed by atoms with E-state index in [2.05, 4.69) is 9.97 Å². The maximum atomic E-state index is 12.9. The lowest BCUT2D eigenvalue weighted by Crippen LogP contribution is -2.06. The minimum Gasteiger partial charge on any atom is -0.361 e. The van der Waals surface area contributed by atoms with Crippen LogP contribution in [0.2, 0.25) is 0 Å². The predicted octanol–water partition coefficient (Wildman–Crippen LogP) is 4.18. The summed E-state index contributed by atoms with van der Waals surface area (Å²) in [5.41, 5.74) is 1.76. The molecule has 2 aromatic heterocycles. The van der Waals surface area contributed by atoms with Gasteiger partial charge in [0.05, 0.1) is 22.0 Å². The molecule has 0 saturated heterocycles. The number of H-pyrrole nitrogens is 1. The maximum absolute atomic E-state index is 12.9. The Morgan fingerprint density at radius 1 is 1.30 bits per heavy atom. The van der Waals surface area contributed by atoms with E-state index in [1.54, 1.807) is 18.2 Å². The van der Waals surface area contributed by atoms with E-state index in [4.69, 9.17) is 5.26 Å². The van der Waals surface area contributed by atoms with Gasteiger partial charge in [-0.1, -0.05) is 0 Å². The Bertz CT molecular complexity index is 823. The number of halogens is 3. The second-order valence-electron chi connectivity index (χ2n) is 4.10. The third-order valence-corrected chi connectivity index (χ3v) is 3.75. The third kappa shape index (κ3) is 1.94. The number of nitriles is 1. The van der Waals surface area contributed by atoms with E-state index in [0.717, 1.165) is 11.3 Å². The number of fused-ring (bicyclic) bond motifs is 1. The van der Waals surface area contributed by atoms with Gasteiger partial charge < -0.3 is 4.98 Å². The van der Waals surface area contributed by atoms with Crippen molar-refractivity contribution < 1.29 is 13.2 Å². The highest BCUT2D eigenvalue weighted by molar-refractivity contribution is 7.13. The highest BCUT2D eigenvalue weighted by Crippen LogP contribution is 2.41. The molecule has 100 valence electrons. The molecule has 0 atom stereocenters. The first kappa shape index (κ1) is 12.7. The number of hydrogen-bond donors (Lipinski definition) is 1. The molecule has 0 saturated carbocycles.